The molecule has 2 aromatic rings. The van der Waals surface area contributed by atoms with Crippen LogP contribution in [0.25, 0.3) is 5.52 Å². The fraction of sp³-hybridized carbons (Fsp3) is 0.385. The molecule has 2 rings (SSSR count). The molecular weight excluding hydrogens is 230 g/mol. The zero-order chi connectivity index (χ0) is 13.1. The van der Waals surface area contributed by atoms with E-state index in [-0.39, 0.29) is 5.92 Å². The molecule has 0 aliphatic carbocycles. The molecule has 96 valence electrons. The van der Waals surface area contributed by atoms with Gasteiger partial charge < -0.3 is 5.11 Å². The fourth-order valence-electron chi connectivity index (χ4n) is 1.95. The first-order valence-electron chi connectivity index (χ1n) is 5.97. The van der Waals surface area contributed by atoms with Crippen LogP contribution in [0.4, 0.5) is 0 Å². The molecule has 0 spiro atoms. The monoisotopic (exact) mass is 247 g/mol. The van der Waals surface area contributed by atoms with Gasteiger partial charge in [0.25, 0.3) is 0 Å². The molecule has 0 fully saturated rings. The molecule has 5 heteroatoms. The van der Waals surface area contributed by atoms with Crippen LogP contribution in [-0.4, -0.2) is 26.7 Å². The Balaban J connectivity index is 2.12. The number of pyridine rings is 1. The van der Waals surface area contributed by atoms with Crippen LogP contribution in [0.1, 0.15) is 19.4 Å². The van der Waals surface area contributed by atoms with E-state index in [4.69, 9.17) is 5.11 Å². The maximum Gasteiger partial charge on any atom is 0.320 e. The molecular formula is C13H17N3O2. The number of nitrogens with zero attached hydrogens (tertiary/aromatic N) is 2. The molecule has 0 radical (unpaired) electrons. The first kappa shape index (κ1) is 12.6. The van der Waals surface area contributed by atoms with Gasteiger partial charge in [-0.15, -0.1) is 0 Å². The lowest BCUT2D eigenvalue weighted by Crippen LogP contribution is -2.40. The summed E-state index contributed by atoms with van der Waals surface area (Å²) in [6.07, 6.45) is 3.64. The summed E-state index contributed by atoms with van der Waals surface area (Å²) in [5.41, 5.74) is 2.00. The van der Waals surface area contributed by atoms with Gasteiger partial charge in [-0.05, 0) is 18.1 Å². The minimum absolute atomic E-state index is 0.0457. The predicted octanol–water partition coefficient (Wildman–Crippen LogP) is 1.53. The SMILES string of the molecule is CC(C)C(NCc1cnn2ccccc12)C(=O)O. The average Bonchev–Trinajstić information content (AvgIpc) is 2.72. The number of carboxylic acid groups (broad SMARTS) is 1. The molecule has 1 unspecified atom stereocenters. The van der Waals surface area contributed by atoms with Crippen molar-refractivity contribution in [1.29, 1.82) is 0 Å². The molecule has 2 N–H and O–H groups in total. The van der Waals surface area contributed by atoms with Gasteiger partial charge >= 0.3 is 5.97 Å². The number of hydrogen-bond acceptors (Lipinski definition) is 3. The Bertz CT molecular complexity index is 548. The summed E-state index contributed by atoms with van der Waals surface area (Å²) in [6.45, 7) is 4.28. The van der Waals surface area contributed by atoms with Crippen LogP contribution in [0.3, 0.4) is 0 Å². The Morgan fingerprint density at radius 2 is 2.28 bits per heavy atom. The van der Waals surface area contributed by atoms with Crippen LogP contribution >= 0.6 is 0 Å². The van der Waals surface area contributed by atoms with Gasteiger partial charge in [0, 0.05) is 18.3 Å². The Morgan fingerprint density at radius 3 is 2.94 bits per heavy atom. The van der Waals surface area contributed by atoms with Crippen molar-refractivity contribution in [2.75, 3.05) is 0 Å². The second-order valence-electron chi connectivity index (χ2n) is 4.64. The third kappa shape index (κ3) is 2.51. The minimum Gasteiger partial charge on any atom is -0.480 e. The van der Waals surface area contributed by atoms with Gasteiger partial charge in [0.15, 0.2) is 0 Å². The molecule has 0 bridgehead atoms. The van der Waals surface area contributed by atoms with Crippen molar-refractivity contribution in [3.63, 3.8) is 0 Å². The third-order valence-electron chi connectivity index (χ3n) is 2.95. The maximum absolute atomic E-state index is 11.1. The van der Waals surface area contributed by atoms with Gasteiger partial charge in [0.2, 0.25) is 0 Å². The van der Waals surface area contributed by atoms with Crippen LogP contribution in [0.5, 0.6) is 0 Å². The quantitative estimate of drug-likeness (QED) is 0.841. The summed E-state index contributed by atoms with van der Waals surface area (Å²) < 4.78 is 1.78. The van der Waals surface area contributed by atoms with E-state index >= 15 is 0 Å². The van der Waals surface area contributed by atoms with Crippen molar-refractivity contribution in [3.05, 3.63) is 36.2 Å². The second-order valence-corrected chi connectivity index (χ2v) is 4.64. The average molecular weight is 247 g/mol. The van der Waals surface area contributed by atoms with Gasteiger partial charge in [-0.2, -0.15) is 5.10 Å². The lowest BCUT2D eigenvalue weighted by Gasteiger charge is -2.17. The van der Waals surface area contributed by atoms with Gasteiger partial charge in [0.05, 0.1) is 11.7 Å². The molecule has 0 saturated heterocycles. The normalized spacial score (nSPS) is 13.1. The van der Waals surface area contributed by atoms with Gasteiger partial charge in [0.1, 0.15) is 6.04 Å². The van der Waals surface area contributed by atoms with Crippen molar-refractivity contribution < 1.29 is 9.90 Å². The molecule has 0 aliphatic rings. The van der Waals surface area contributed by atoms with Gasteiger partial charge in [-0.25, -0.2) is 4.52 Å². The highest BCUT2D eigenvalue weighted by molar-refractivity contribution is 5.73. The number of carboxylic acids is 1. The lowest BCUT2D eigenvalue weighted by molar-refractivity contribution is -0.140. The van der Waals surface area contributed by atoms with E-state index in [0.717, 1.165) is 11.1 Å². The summed E-state index contributed by atoms with van der Waals surface area (Å²) in [5, 5.41) is 16.4. The first-order chi connectivity index (χ1) is 8.59. The summed E-state index contributed by atoms with van der Waals surface area (Å²) in [5.74, 6) is -0.772. The van der Waals surface area contributed by atoms with E-state index in [2.05, 4.69) is 10.4 Å². The smallest absolute Gasteiger partial charge is 0.320 e. The molecule has 5 nitrogen and oxygen atoms in total. The highest BCUT2D eigenvalue weighted by Gasteiger charge is 2.20. The molecule has 18 heavy (non-hydrogen) atoms. The highest BCUT2D eigenvalue weighted by atomic mass is 16.4. The molecule has 2 heterocycles. The van der Waals surface area contributed by atoms with Gasteiger partial charge in [-0.1, -0.05) is 19.9 Å². The first-order valence-corrected chi connectivity index (χ1v) is 5.97. The molecule has 0 aromatic carbocycles. The summed E-state index contributed by atoms with van der Waals surface area (Å²) in [6, 6.07) is 5.28. The highest BCUT2D eigenvalue weighted by Crippen LogP contribution is 2.11. The van der Waals surface area contributed by atoms with Crippen LogP contribution in [-0.2, 0) is 11.3 Å². The number of aliphatic carboxylic acids is 1. The standard InChI is InChI=1S/C13H17N3O2/c1-9(2)12(13(17)18)14-7-10-8-15-16-6-4-3-5-11(10)16/h3-6,8-9,12,14H,7H2,1-2H3,(H,17,18). The molecule has 1 atom stereocenters. The van der Waals surface area contributed by atoms with Crippen molar-refractivity contribution in [2.24, 2.45) is 5.92 Å². The van der Waals surface area contributed by atoms with Crippen molar-refractivity contribution in [1.82, 2.24) is 14.9 Å². The molecule has 0 aliphatic heterocycles. The zero-order valence-electron chi connectivity index (χ0n) is 10.5. The maximum atomic E-state index is 11.1. The number of carbonyl (C=O) groups is 1. The number of fused-ring (bicyclic) bond motifs is 1. The van der Waals surface area contributed by atoms with Gasteiger partial charge in [-0.3, -0.25) is 10.1 Å². The fourth-order valence-corrected chi connectivity index (χ4v) is 1.95. The van der Waals surface area contributed by atoms with Crippen molar-refractivity contribution in [3.8, 4) is 0 Å². The Kier molecular flexibility index (Phi) is 3.62. The third-order valence-corrected chi connectivity index (χ3v) is 2.95. The van der Waals surface area contributed by atoms with E-state index in [9.17, 15) is 4.79 Å². The molecule has 0 amide bonds. The minimum atomic E-state index is -0.818. The predicted molar refractivity (Wildman–Crippen MR) is 68.3 cm³/mol. The Morgan fingerprint density at radius 1 is 1.50 bits per heavy atom. The van der Waals surface area contributed by atoms with E-state index in [1.807, 2.05) is 38.2 Å². The van der Waals surface area contributed by atoms with E-state index in [1.54, 1.807) is 10.7 Å². The van der Waals surface area contributed by atoms with Crippen LogP contribution in [0, 0.1) is 5.92 Å². The van der Waals surface area contributed by atoms with Crippen LogP contribution < -0.4 is 5.32 Å². The van der Waals surface area contributed by atoms with Crippen molar-refractivity contribution in [2.45, 2.75) is 26.4 Å². The largest absolute Gasteiger partial charge is 0.480 e. The summed E-state index contributed by atoms with van der Waals surface area (Å²) in [4.78, 5) is 11.1. The Labute approximate surface area is 105 Å². The van der Waals surface area contributed by atoms with E-state index < -0.39 is 12.0 Å². The van der Waals surface area contributed by atoms with Crippen molar-refractivity contribution >= 4 is 11.5 Å². The Hall–Kier alpha value is -1.88. The van der Waals surface area contributed by atoms with Crippen LogP contribution in [0.2, 0.25) is 0 Å². The lowest BCUT2D eigenvalue weighted by atomic mass is 10.0. The second kappa shape index (κ2) is 5.18. The number of aromatic nitrogens is 2. The van der Waals surface area contributed by atoms with E-state index in [0.29, 0.717) is 6.54 Å². The van der Waals surface area contributed by atoms with E-state index in [1.165, 1.54) is 0 Å². The number of rotatable bonds is 5. The zero-order valence-corrected chi connectivity index (χ0v) is 10.5. The van der Waals surface area contributed by atoms with Crippen LogP contribution in [0.15, 0.2) is 30.6 Å². The summed E-state index contributed by atoms with van der Waals surface area (Å²) >= 11 is 0. The molecule has 0 saturated carbocycles. The number of nitrogens with one attached hydrogen (secondary N) is 1. The molecule has 2 aromatic heterocycles. The number of hydrogen-bond donors (Lipinski definition) is 2. The topological polar surface area (TPSA) is 66.6 Å². The summed E-state index contributed by atoms with van der Waals surface area (Å²) in [7, 11) is 0.